The number of anilines is 1. The summed E-state index contributed by atoms with van der Waals surface area (Å²) in [6.45, 7) is 2.07. The second-order valence-electron chi connectivity index (χ2n) is 5.22. The number of aryl methyl sites for hydroxylation is 1. The molecule has 100 valence electrons. The van der Waals surface area contributed by atoms with Gasteiger partial charge in [0.25, 0.3) is 0 Å². The van der Waals surface area contributed by atoms with Crippen molar-refractivity contribution in [3.63, 3.8) is 0 Å². The fourth-order valence-electron chi connectivity index (χ4n) is 2.46. The van der Waals surface area contributed by atoms with Gasteiger partial charge in [-0.05, 0) is 53.2 Å². The third kappa shape index (κ3) is 2.27. The Morgan fingerprint density at radius 3 is 2.74 bits per heavy atom. The molecule has 1 aromatic rings. The highest BCUT2D eigenvalue weighted by Gasteiger charge is 2.43. The lowest BCUT2D eigenvalue weighted by Crippen LogP contribution is -2.59. The van der Waals surface area contributed by atoms with Crippen LogP contribution in [0.3, 0.4) is 0 Å². The Balaban J connectivity index is 1.96. The zero-order valence-electron chi connectivity index (χ0n) is 10.6. The third-order valence-electron chi connectivity index (χ3n) is 3.71. The van der Waals surface area contributed by atoms with Crippen molar-refractivity contribution in [3.05, 3.63) is 28.2 Å². The Labute approximate surface area is 120 Å². The molecule has 2 amide bonds. The minimum Gasteiger partial charge on any atom is -0.342 e. The molecule has 1 atom stereocenters. The van der Waals surface area contributed by atoms with Crippen LogP contribution in [-0.4, -0.2) is 24.4 Å². The lowest BCUT2D eigenvalue weighted by molar-refractivity contribution is -0.131. The van der Waals surface area contributed by atoms with Gasteiger partial charge < -0.3 is 10.2 Å². The van der Waals surface area contributed by atoms with Gasteiger partial charge in [0.1, 0.15) is 12.6 Å². The summed E-state index contributed by atoms with van der Waals surface area (Å²) in [6, 6.07) is 5.41. The van der Waals surface area contributed by atoms with E-state index in [-0.39, 0.29) is 24.4 Å². The van der Waals surface area contributed by atoms with Crippen LogP contribution in [0, 0.1) is 12.8 Å². The van der Waals surface area contributed by atoms with Crippen molar-refractivity contribution < 1.29 is 9.59 Å². The molecule has 1 unspecified atom stereocenters. The minimum absolute atomic E-state index is 0.00778. The van der Waals surface area contributed by atoms with Gasteiger partial charge in [-0.3, -0.25) is 9.59 Å². The molecular weight excluding hydrogens is 308 g/mol. The number of carbonyl (C=O) groups is 2. The van der Waals surface area contributed by atoms with E-state index >= 15 is 0 Å². The molecule has 1 aromatic carbocycles. The average molecular weight is 323 g/mol. The molecule has 1 heterocycles. The summed E-state index contributed by atoms with van der Waals surface area (Å²) in [4.78, 5) is 25.9. The van der Waals surface area contributed by atoms with Crippen molar-refractivity contribution in [2.75, 3.05) is 11.4 Å². The summed E-state index contributed by atoms with van der Waals surface area (Å²) < 4.78 is 0.882. The van der Waals surface area contributed by atoms with E-state index in [9.17, 15) is 9.59 Å². The van der Waals surface area contributed by atoms with E-state index in [2.05, 4.69) is 21.2 Å². The molecule has 1 N–H and O–H groups in total. The molecule has 0 bridgehead atoms. The van der Waals surface area contributed by atoms with Crippen LogP contribution < -0.4 is 10.2 Å². The SMILES string of the molecule is Cc1cccc(N2CC(=O)NC(C3CC3)C2=O)c1Br. The molecule has 3 rings (SSSR count). The quantitative estimate of drug-likeness (QED) is 0.905. The molecule has 0 radical (unpaired) electrons. The van der Waals surface area contributed by atoms with E-state index in [1.807, 2.05) is 25.1 Å². The van der Waals surface area contributed by atoms with Crippen LogP contribution in [0.2, 0.25) is 0 Å². The van der Waals surface area contributed by atoms with E-state index < -0.39 is 0 Å². The number of nitrogens with one attached hydrogen (secondary N) is 1. The Morgan fingerprint density at radius 2 is 2.05 bits per heavy atom. The Hall–Kier alpha value is -1.36. The second kappa shape index (κ2) is 4.63. The van der Waals surface area contributed by atoms with Crippen LogP contribution in [0.5, 0.6) is 0 Å². The van der Waals surface area contributed by atoms with Crippen molar-refractivity contribution >= 4 is 33.4 Å². The zero-order valence-corrected chi connectivity index (χ0v) is 12.2. The second-order valence-corrected chi connectivity index (χ2v) is 6.01. The van der Waals surface area contributed by atoms with E-state index in [0.29, 0.717) is 5.92 Å². The zero-order chi connectivity index (χ0) is 13.6. The smallest absolute Gasteiger partial charge is 0.250 e. The largest absolute Gasteiger partial charge is 0.342 e. The summed E-state index contributed by atoms with van der Waals surface area (Å²) in [5.41, 5.74) is 1.84. The van der Waals surface area contributed by atoms with Crippen molar-refractivity contribution in [1.82, 2.24) is 5.32 Å². The number of piperazine rings is 1. The fraction of sp³-hybridized carbons (Fsp3) is 0.429. The molecule has 1 aliphatic carbocycles. The van der Waals surface area contributed by atoms with Gasteiger partial charge in [0.05, 0.1) is 5.69 Å². The molecule has 1 saturated heterocycles. The minimum atomic E-state index is -0.339. The maximum atomic E-state index is 12.5. The molecule has 5 heteroatoms. The highest BCUT2D eigenvalue weighted by Crippen LogP contribution is 2.37. The van der Waals surface area contributed by atoms with E-state index in [1.54, 1.807) is 4.90 Å². The molecule has 1 aliphatic heterocycles. The summed E-state index contributed by atoms with van der Waals surface area (Å²) >= 11 is 3.51. The molecule has 0 aromatic heterocycles. The Morgan fingerprint density at radius 1 is 1.32 bits per heavy atom. The third-order valence-corrected chi connectivity index (χ3v) is 4.74. The number of hydrogen-bond acceptors (Lipinski definition) is 2. The van der Waals surface area contributed by atoms with Crippen LogP contribution in [0.25, 0.3) is 0 Å². The molecule has 1 saturated carbocycles. The fourth-order valence-corrected chi connectivity index (χ4v) is 2.94. The summed E-state index contributed by atoms with van der Waals surface area (Å²) in [7, 11) is 0. The maximum Gasteiger partial charge on any atom is 0.250 e. The summed E-state index contributed by atoms with van der Waals surface area (Å²) in [6.07, 6.45) is 2.05. The van der Waals surface area contributed by atoms with Crippen molar-refractivity contribution in [3.8, 4) is 0 Å². The molecular formula is C14H15BrN2O2. The standard InChI is InChI=1S/C14H15BrN2O2/c1-8-3-2-4-10(12(8)15)17-7-11(18)16-13(14(17)19)9-5-6-9/h2-4,9,13H,5-7H2,1H3,(H,16,18). The van der Waals surface area contributed by atoms with Gasteiger partial charge in [-0.15, -0.1) is 0 Å². The van der Waals surface area contributed by atoms with Gasteiger partial charge in [-0.1, -0.05) is 12.1 Å². The molecule has 0 spiro atoms. The van der Waals surface area contributed by atoms with Gasteiger partial charge in [0.15, 0.2) is 0 Å². The first-order chi connectivity index (χ1) is 9.08. The van der Waals surface area contributed by atoms with E-state index in [1.165, 1.54) is 0 Å². The number of rotatable bonds is 2. The van der Waals surface area contributed by atoms with Gasteiger partial charge >= 0.3 is 0 Å². The van der Waals surface area contributed by atoms with Gasteiger partial charge in [0.2, 0.25) is 11.8 Å². The number of halogens is 1. The number of amides is 2. The average Bonchev–Trinajstić information content (AvgIpc) is 3.20. The van der Waals surface area contributed by atoms with Crippen molar-refractivity contribution in [2.24, 2.45) is 5.92 Å². The number of carbonyl (C=O) groups excluding carboxylic acids is 2. The lowest BCUT2D eigenvalue weighted by Gasteiger charge is -2.33. The lowest BCUT2D eigenvalue weighted by atomic mass is 10.1. The first kappa shape index (κ1) is 12.7. The highest BCUT2D eigenvalue weighted by atomic mass is 79.9. The maximum absolute atomic E-state index is 12.5. The van der Waals surface area contributed by atoms with Crippen LogP contribution in [0.1, 0.15) is 18.4 Å². The topological polar surface area (TPSA) is 49.4 Å². The van der Waals surface area contributed by atoms with Crippen LogP contribution in [-0.2, 0) is 9.59 Å². The van der Waals surface area contributed by atoms with Gasteiger partial charge in [-0.25, -0.2) is 0 Å². The summed E-state index contributed by atoms with van der Waals surface area (Å²) in [5, 5.41) is 2.82. The number of nitrogens with zero attached hydrogens (tertiary/aromatic N) is 1. The van der Waals surface area contributed by atoms with Crippen LogP contribution in [0.15, 0.2) is 22.7 Å². The first-order valence-electron chi connectivity index (χ1n) is 6.44. The predicted octanol–water partition coefficient (Wildman–Crippen LogP) is 2.00. The first-order valence-corrected chi connectivity index (χ1v) is 7.23. The molecule has 2 aliphatic rings. The molecule has 4 nitrogen and oxygen atoms in total. The van der Waals surface area contributed by atoms with Gasteiger partial charge in [-0.2, -0.15) is 0 Å². The number of hydrogen-bond donors (Lipinski definition) is 1. The Bertz CT molecular complexity index is 554. The van der Waals surface area contributed by atoms with E-state index in [0.717, 1.165) is 28.6 Å². The Kier molecular flexibility index (Phi) is 3.09. The summed E-state index contributed by atoms with van der Waals surface area (Å²) in [5.74, 6) is 0.251. The monoisotopic (exact) mass is 322 g/mol. The van der Waals surface area contributed by atoms with Crippen molar-refractivity contribution in [1.29, 1.82) is 0 Å². The van der Waals surface area contributed by atoms with Crippen LogP contribution in [0.4, 0.5) is 5.69 Å². The van der Waals surface area contributed by atoms with Gasteiger partial charge in [0, 0.05) is 4.47 Å². The van der Waals surface area contributed by atoms with Crippen LogP contribution >= 0.6 is 15.9 Å². The van der Waals surface area contributed by atoms with Crippen molar-refractivity contribution in [2.45, 2.75) is 25.8 Å². The number of benzene rings is 1. The van der Waals surface area contributed by atoms with E-state index in [4.69, 9.17) is 0 Å². The normalized spacial score (nSPS) is 23.5. The predicted molar refractivity (Wildman–Crippen MR) is 75.9 cm³/mol. The highest BCUT2D eigenvalue weighted by molar-refractivity contribution is 9.10. The molecule has 19 heavy (non-hydrogen) atoms. The molecule has 2 fully saturated rings.